The molecule has 26 heavy (non-hydrogen) atoms. The van der Waals surface area contributed by atoms with Crippen molar-refractivity contribution in [2.75, 3.05) is 26.3 Å². The summed E-state index contributed by atoms with van der Waals surface area (Å²) >= 11 is 1.61. The van der Waals surface area contributed by atoms with Gasteiger partial charge in [-0.25, -0.2) is 4.98 Å². The summed E-state index contributed by atoms with van der Waals surface area (Å²) in [4.78, 5) is 19.4. The fourth-order valence-corrected chi connectivity index (χ4v) is 3.85. The Morgan fingerprint density at radius 3 is 2.73 bits per heavy atom. The minimum absolute atomic E-state index is 0.0591. The largest absolute Gasteiger partial charge is 0.379 e. The van der Waals surface area contributed by atoms with Crippen LogP contribution in [0.1, 0.15) is 36.5 Å². The van der Waals surface area contributed by atoms with Gasteiger partial charge in [0.15, 0.2) is 0 Å². The molecule has 3 rings (SSSR count). The summed E-state index contributed by atoms with van der Waals surface area (Å²) < 4.78 is 5.37. The molecule has 0 bridgehead atoms. The summed E-state index contributed by atoms with van der Waals surface area (Å²) in [6.45, 7) is 9.06. The average molecular weight is 374 g/mol. The molecule has 1 amide bonds. The number of carbonyl (C=O) groups is 1. The van der Waals surface area contributed by atoms with E-state index < -0.39 is 0 Å². The van der Waals surface area contributed by atoms with Crippen LogP contribution in [0, 0.1) is 0 Å². The highest BCUT2D eigenvalue weighted by atomic mass is 32.1. The van der Waals surface area contributed by atoms with E-state index in [0.717, 1.165) is 43.5 Å². The summed E-state index contributed by atoms with van der Waals surface area (Å²) in [6.07, 6.45) is 0.461. The number of aromatic nitrogens is 1. The van der Waals surface area contributed by atoms with E-state index in [1.165, 1.54) is 5.56 Å². The van der Waals surface area contributed by atoms with Gasteiger partial charge < -0.3 is 10.1 Å². The smallest absolute Gasteiger partial charge is 0.221 e. The molecule has 0 atom stereocenters. The number of nitrogens with zero attached hydrogens (tertiary/aromatic N) is 2. The maximum absolute atomic E-state index is 12.4. The number of thiazole rings is 1. The van der Waals surface area contributed by atoms with Crippen LogP contribution in [0.15, 0.2) is 35.7 Å². The van der Waals surface area contributed by atoms with Crippen LogP contribution in [0.4, 0.5) is 0 Å². The fraction of sp³-hybridized carbons (Fsp3) is 0.500. The third-order valence-electron chi connectivity index (χ3n) is 4.68. The standard InChI is InChI=1S/C20H27N3O2S/c1-20(2,16-6-4-3-5-7-16)12-18(24)21-13-19-22-17(15-26-19)14-23-8-10-25-11-9-23/h3-7,15H,8-14H2,1-2H3,(H,21,24). The molecule has 1 saturated heterocycles. The van der Waals surface area contributed by atoms with Crippen molar-refractivity contribution in [3.05, 3.63) is 52.0 Å². The van der Waals surface area contributed by atoms with Gasteiger partial charge in [0.2, 0.25) is 5.91 Å². The quantitative estimate of drug-likeness (QED) is 0.811. The lowest BCUT2D eigenvalue weighted by Crippen LogP contribution is -2.35. The molecule has 1 aliphatic rings. The highest BCUT2D eigenvalue weighted by Crippen LogP contribution is 2.26. The Labute approximate surface area is 159 Å². The molecule has 5 nitrogen and oxygen atoms in total. The van der Waals surface area contributed by atoms with Crippen molar-refractivity contribution >= 4 is 17.2 Å². The van der Waals surface area contributed by atoms with E-state index in [1.54, 1.807) is 11.3 Å². The SMILES string of the molecule is CC(C)(CC(=O)NCc1nc(CN2CCOCC2)cs1)c1ccccc1. The van der Waals surface area contributed by atoms with Crippen LogP contribution < -0.4 is 5.32 Å². The number of carbonyl (C=O) groups excluding carboxylic acids is 1. The maximum Gasteiger partial charge on any atom is 0.221 e. The molecule has 0 radical (unpaired) electrons. The Morgan fingerprint density at radius 1 is 1.27 bits per heavy atom. The lowest BCUT2D eigenvalue weighted by molar-refractivity contribution is -0.122. The van der Waals surface area contributed by atoms with E-state index in [1.807, 2.05) is 18.2 Å². The second-order valence-electron chi connectivity index (χ2n) is 7.32. The van der Waals surface area contributed by atoms with Gasteiger partial charge in [-0.15, -0.1) is 11.3 Å². The van der Waals surface area contributed by atoms with E-state index in [4.69, 9.17) is 4.74 Å². The van der Waals surface area contributed by atoms with Crippen LogP contribution in [0.3, 0.4) is 0 Å². The number of nitrogens with one attached hydrogen (secondary N) is 1. The molecule has 0 unspecified atom stereocenters. The molecule has 1 aliphatic heterocycles. The average Bonchev–Trinajstić information content (AvgIpc) is 3.09. The second-order valence-corrected chi connectivity index (χ2v) is 8.27. The zero-order chi connectivity index (χ0) is 18.4. The molecule has 2 heterocycles. The van der Waals surface area contributed by atoms with Gasteiger partial charge in [0.25, 0.3) is 0 Å². The van der Waals surface area contributed by atoms with Crippen LogP contribution in [0.5, 0.6) is 0 Å². The molecule has 0 saturated carbocycles. The Hall–Kier alpha value is -1.76. The number of hydrogen-bond acceptors (Lipinski definition) is 5. The van der Waals surface area contributed by atoms with E-state index in [-0.39, 0.29) is 11.3 Å². The number of amides is 1. The Bertz CT molecular complexity index is 709. The first kappa shape index (κ1) is 19.0. The predicted molar refractivity (Wildman–Crippen MR) is 104 cm³/mol. The van der Waals surface area contributed by atoms with Crippen LogP contribution in [0.25, 0.3) is 0 Å². The first-order valence-electron chi connectivity index (χ1n) is 9.08. The van der Waals surface area contributed by atoms with E-state index in [0.29, 0.717) is 13.0 Å². The number of morpholine rings is 1. The van der Waals surface area contributed by atoms with Gasteiger partial charge in [-0.2, -0.15) is 0 Å². The molecule has 6 heteroatoms. The summed E-state index contributed by atoms with van der Waals surface area (Å²) in [7, 11) is 0. The Morgan fingerprint density at radius 2 is 2.00 bits per heavy atom. The van der Waals surface area contributed by atoms with Crippen LogP contribution >= 0.6 is 11.3 Å². The third-order valence-corrected chi connectivity index (χ3v) is 5.58. The number of ether oxygens (including phenoxy) is 1. The topological polar surface area (TPSA) is 54.5 Å². The zero-order valence-corrected chi connectivity index (χ0v) is 16.3. The molecule has 0 spiro atoms. The van der Waals surface area contributed by atoms with Gasteiger partial charge in [0.05, 0.1) is 25.5 Å². The van der Waals surface area contributed by atoms with Gasteiger partial charge >= 0.3 is 0 Å². The minimum Gasteiger partial charge on any atom is -0.379 e. The number of benzene rings is 1. The highest BCUT2D eigenvalue weighted by molar-refractivity contribution is 7.09. The van der Waals surface area contributed by atoms with Crippen molar-refractivity contribution in [3.8, 4) is 0 Å². The first-order chi connectivity index (χ1) is 12.5. The normalized spacial score (nSPS) is 15.8. The summed E-state index contributed by atoms with van der Waals surface area (Å²) in [5, 5.41) is 6.06. The fourth-order valence-electron chi connectivity index (χ4n) is 3.12. The summed E-state index contributed by atoms with van der Waals surface area (Å²) in [6, 6.07) is 10.2. The van der Waals surface area contributed by atoms with Gasteiger partial charge in [-0.1, -0.05) is 44.2 Å². The lowest BCUT2D eigenvalue weighted by atomic mass is 9.81. The molecule has 0 aliphatic carbocycles. The van der Waals surface area contributed by atoms with E-state index in [9.17, 15) is 4.79 Å². The molecular weight excluding hydrogens is 346 g/mol. The van der Waals surface area contributed by atoms with E-state index >= 15 is 0 Å². The predicted octanol–water partition coefficient (Wildman–Crippen LogP) is 2.96. The molecule has 1 N–H and O–H groups in total. The first-order valence-corrected chi connectivity index (χ1v) is 9.96. The minimum atomic E-state index is -0.185. The van der Waals surface area contributed by atoms with Gasteiger partial charge in [-0.3, -0.25) is 9.69 Å². The van der Waals surface area contributed by atoms with Crippen LogP contribution in [-0.4, -0.2) is 42.1 Å². The number of rotatable bonds is 7. The van der Waals surface area contributed by atoms with Crippen molar-refractivity contribution in [1.82, 2.24) is 15.2 Å². The van der Waals surface area contributed by atoms with Crippen molar-refractivity contribution in [2.45, 2.75) is 38.8 Å². The van der Waals surface area contributed by atoms with Crippen molar-refractivity contribution < 1.29 is 9.53 Å². The van der Waals surface area contributed by atoms with Crippen LogP contribution in [0.2, 0.25) is 0 Å². The monoisotopic (exact) mass is 373 g/mol. The van der Waals surface area contributed by atoms with Gasteiger partial charge in [0, 0.05) is 31.4 Å². The zero-order valence-electron chi connectivity index (χ0n) is 15.5. The molecule has 1 aromatic heterocycles. The molecule has 140 valence electrons. The molecule has 1 aromatic carbocycles. The number of hydrogen-bond donors (Lipinski definition) is 1. The van der Waals surface area contributed by atoms with Crippen LogP contribution in [-0.2, 0) is 28.0 Å². The molecule has 1 fully saturated rings. The maximum atomic E-state index is 12.4. The van der Waals surface area contributed by atoms with Crippen molar-refractivity contribution in [1.29, 1.82) is 0 Å². The van der Waals surface area contributed by atoms with Crippen molar-refractivity contribution in [3.63, 3.8) is 0 Å². The van der Waals surface area contributed by atoms with Gasteiger partial charge in [0.1, 0.15) is 5.01 Å². The highest BCUT2D eigenvalue weighted by Gasteiger charge is 2.24. The third kappa shape index (κ3) is 5.37. The van der Waals surface area contributed by atoms with E-state index in [2.05, 4.69) is 46.6 Å². The Kier molecular flexibility index (Phi) is 6.40. The second kappa shape index (κ2) is 8.75. The summed E-state index contributed by atoms with van der Waals surface area (Å²) in [5.74, 6) is 0.0591. The van der Waals surface area contributed by atoms with Crippen molar-refractivity contribution in [2.24, 2.45) is 0 Å². The molecule has 2 aromatic rings. The lowest BCUT2D eigenvalue weighted by Gasteiger charge is -2.25. The Balaban J connectivity index is 1.47. The van der Waals surface area contributed by atoms with Gasteiger partial charge in [-0.05, 0) is 11.0 Å². The molecular formula is C20H27N3O2S. The summed E-state index contributed by atoms with van der Waals surface area (Å²) in [5.41, 5.74) is 2.07.